The van der Waals surface area contributed by atoms with Crippen LogP contribution in [0.2, 0.25) is 0 Å². The molecule has 1 heterocycles. The summed E-state index contributed by atoms with van der Waals surface area (Å²) in [4.78, 5) is 22.2. The van der Waals surface area contributed by atoms with E-state index < -0.39 is 4.92 Å². The minimum Gasteiger partial charge on any atom is -0.359 e. The van der Waals surface area contributed by atoms with Gasteiger partial charge in [0.15, 0.2) is 5.76 Å². The second-order valence-electron chi connectivity index (χ2n) is 5.68. The lowest BCUT2D eigenvalue weighted by Crippen LogP contribution is -2.28. The van der Waals surface area contributed by atoms with Crippen LogP contribution in [0.3, 0.4) is 0 Å². The normalized spacial score (nSPS) is 14.8. The van der Waals surface area contributed by atoms with E-state index in [-0.39, 0.29) is 17.5 Å². The van der Waals surface area contributed by atoms with E-state index in [2.05, 4.69) is 10.5 Å². The average Bonchev–Trinajstić information content (AvgIpc) is 3.24. The van der Waals surface area contributed by atoms with Crippen molar-refractivity contribution in [3.8, 4) is 11.3 Å². The number of nitrogens with one attached hydrogen (secondary N) is 1. The predicted octanol–water partition coefficient (Wildman–Crippen LogP) is 3.06. The van der Waals surface area contributed by atoms with E-state index in [1.165, 1.54) is 12.1 Å². The summed E-state index contributed by atoms with van der Waals surface area (Å²) in [5, 5.41) is 17.5. The summed E-state index contributed by atoms with van der Waals surface area (Å²) in [7, 11) is 0. The maximum Gasteiger partial charge on any atom is 0.269 e. The predicted molar refractivity (Wildman–Crippen MR) is 82.4 cm³/mol. The van der Waals surface area contributed by atoms with Gasteiger partial charge in [-0.05, 0) is 25.0 Å². The van der Waals surface area contributed by atoms with Gasteiger partial charge >= 0.3 is 0 Å². The molecule has 0 spiro atoms. The fourth-order valence-corrected chi connectivity index (χ4v) is 2.79. The Morgan fingerprint density at radius 3 is 2.65 bits per heavy atom. The van der Waals surface area contributed by atoms with Crippen molar-refractivity contribution >= 4 is 11.6 Å². The van der Waals surface area contributed by atoms with Gasteiger partial charge in [-0.15, -0.1) is 0 Å². The Morgan fingerprint density at radius 2 is 2.00 bits per heavy atom. The summed E-state index contributed by atoms with van der Waals surface area (Å²) < 4.78 is 5.21. The van der Waals surface area contributed by atoms with Gasteiger partial charge in [-0.25, -0.2) is 0 Å². The minimum atomic E-state index is -0.448. The highest BCUT2D eigenvalue weighted by molar-refractivity contribution is 5.78. The highest BCUT2D eigenvalue weighted by Gasteiger charge is 2.22. The van der Waals surface area contributed by atoms with Crippen LogP contribution in [-0.2, 0) is 11.3 Å². The maximum atomic E-state index is 12.0. The molecule has 1 amide bonds. The first kappa shape index (κ1) is 15.2. The Bertz CT molecular complexity index is 702. The van der Waals surface area contributed by atoms with Gasteiger partial charge in [-0.1, -0.05) is 18.0 Å². The Hall–Kier alpha value is -2.70. The first-order valence-electron chi connectivity index (χ1n) is 7.61. The SMILES string of the molecule is O=C(NCc1cc(-c2ccc([N+](=O)[O-])cc2)no1)C1CCCC1. The Labute approximate surface area is 132 Å². The Balaban J connectivity index is 1.61. The van der Waals surface area contributed by atoms with Gasteiger partial charge in [0.25, 0.3) is 5.69 Å². The van der Waals surface area contributed by atoms with E-state index in [0.717, 1.165) is 31.2 Å². The second-order valence-corrected chi connectivity index (χ2v) is 5.68. The van der Waals surface area contributed by atoms with Crippen LogP contribution >= 0.6 is 0 Å². The molecule has 1 saturated carbocycles. The standard InChI is InChI=1S/C16H17N3O4/c20-16(12-3-1-2-4-12)17-10-14-9-15(18-23-14)11-5-7-13(8-6-11)19(21)22/h5-9,12H,1-4,10H2,(H,17,20). The molecule has 1 fully saturated rings. The zero-order valence-electron chi connectivity index (χ0n) is 12.5. The summed E-state index contributed by atoms with van der Waals surface area (Å²) in [6, 6.07) is 7.82. The van der Waals surface area contributed by atoms with E-state index in [9.17, 15) is 14.9 Å². The van der Waals surface area contributed by atoms with Crippen LogP contribution in [0.5, 0.6) is 0 Å². The van der Waals surface area contributed by atoms with Gasteiger partial charge in [-0.2, -0.15) is 0 Å². The lowest BCUT2D eigenvalue weighted by atomic mass is 10.1. The molecule has 120 valence electrons. The zero-order valence-corrected chi connectivity index (χ0v) is 12.5. The molecule has 7 heteroatoms. The molecular weight excluding hydrogens is 298 g/mol. The first-order valence-corrected chi connectivity index (χ1v) is 7.61. The maximum absolute atomic E-state index is 12.0. The number of nitro benzene ring substituents is 1. The largest absolute Gasteiger partial charge is 0.359 e. The molecule has 3 rings (SSSR count). The number of hydrogen-bond donors (Lipinski definition) is 1. The van der Waals surface area contributed by atoms with Gasteiger partial charge in [0.05, 0.1) is 11.5 Å². The van der Waals surface area contributed by atoms with Crippen molar-refractivity contribution in [3.63, 3.8) is 0 Å². The van der Waals surface area contributed by atoms with Crippen LogP contribution < -0.4 is 5.32 Å². The van der Waals surface area contributed by atoms with Gasteiger partial charge in [0.1, 0.15) is 5.69 Å². The molecule has 23 heavy (non-hydrogen) atoms. The average molecular weight is 315 g/mol. The smallest absolute Gasteiger partial charge is 0.269 e. The van der Waals surface area contributed by atoms with Gasteiger partial charge in [0, 0.05) is 29.7 Å². The fourth-order valence-electron chi connectivity index (χ4n) is 2.79. The summed E-state index contributed by atoms with van der Waals surface area (Å²) in [5.41, 5.74) is 1.35. The topological polar surface area (TPSA) is 98.3 Å². The van der Waals surface area contributed by atoms with Crippen LogP contribution in [0.4, 0.5) is 5.69 Å². The van der Waals surface area contributed by atoms with Crippen LogP contribution in [0.1, 0.15) is 31.4 Å². The van der Waals surface area contributed by atoms with Crippen molar-refractivity contribution in [1.82, 2.24) is 10.5 Å². The van der Waals surface area contributed by atoms with E-state index in [4.69, 9.17) is 4.52 Å². The fraction of sp³-hybridized carbons (Fsp3) is 0.375. The van der Waals surface area contributed by atoms with E-state index in [0.29, 0.717) is 18.0 Å². The third-order valence-electron chi connectivity index (χ3n) is 4.10. The van der Waals surface area contributed by atoms with Crippen molar-refractivity contribution in [3.05, 3.63) is 46.2 Å². The lowest BCUT2D eigenvalue weighted by molar-refractivity contribution is -0.384. The molecular formula is C16H17N3O4. The third kappa shape index (κ3) is 3.56. The minimum absolute atomic E-state index is 0.0290. The van der Waals surface area contributed by atoms with Crippen LogP contribution in [0, 0.1) is 16.0 Å². The molecule has 1 N–H and O–H groups in total. The quantitative estimate of drug-likeness (QED) is 0.675. The number of aromatic nitrogens is 1. The van der Waals surface area contributed by atoms with Gasteiger partial charge in [-0.3, -0.25) is 14.9 Å². The number of benzene rings is 1. The summed E-state index contributed by atoms with van der Waals surface area (Å²) >= 11 is 0. The van der Waals surface area contributed by atoms with E-state index >= 15 is 0 Å². The van der Waals surface area contributed by atoms with E-state index in [1.807, 2.05) is 0 Å². The number of nitro groups is 1. The molecule has 1 aliphatic rings. The van der Waals surface area contributed by atoms with Crippen LogP contribution in [0.15, 0.2) is 34.9 Å². The van der Waals surface area contributed by atoms with Crippen molar-refractivity contribution in [1.29, 1.82) is 0 Å². The van der Waals surface area contributed by atoms with Gasteiger partial charge in [0.2, 0.25) is 5.91 Å². The summed E-state index contributed by atoms with van der Waals surface area (Å²) in [5.74, 6) is 0.743. The number of hydrogen-bond acceptors (Lipinski definition) is 5. The van der Waals surface area contributed by atoms with Gasteiger partial charge < -0.3 is 9.84 Å². The third-order valence-corrected chi connectivity index (χ3v) is 4.10. The number of carbonyl (C=O) groups excluding carboxylic acids is 1. The number of amides is 1. The highest BCUT2D eigenvalue weighted by atomic mass is 16.6. The van der Waals surface area contributed by atoms with Crippen molar-refractivity contribution in [2.45, 2.75) is 32.2 Å². The molecule has 0 unspecified atom stereocenters. The molecule has 0 bridgehead atoms. The van der Waals surface area contributed by atoms with Crippen molar-refractivity contribution in [2.75, 3.05) is 0 Å². The molecule has 2 aromatic rings. The summed E-state index contributed by atoms with van der Waals surface area (Å²) in [6.45, 7) is 0.301. The van der Waals surface area contributed by atoms with Crippen molar-refractivity contribution in [2.24, 2.45) is 5.92 Å². The molecule has 1 aromatic heterocycles. The zero-order chi connectivity index (χ0) is 16.2. The lowest BCUT2D eigenvalue weighted by Gasteiger charge is -2.08. The highest BCUT2D eigenvalue weighted by Crippen LogP contribution is 2.25. The number of non-ortho nitro benzene ring substituents is 1. The first-order chi connectivity index (χ1) is 11.1. The van der Waals surface area contributed by atoms with Crippen LogP contribution in [-0.4, -0.2) is 16.0 Å². The monoisotopic (exact) mass is 315 g/mol. The summed E-state index contributed by atoms with van der Waals surface area (Å²) in [6.07, 6.45) is 4.14. The number of nitrogens with zero attached hydrogens (tertiary/aromatic N) is 2. The second kappa shape index (κ2) is 6.60. The van der Waals surface area contributed by atoms with Crippen LogP contribution in [0.25, 0.3) is 11.3 Å². The van der Waals surface area contributed by atoms with Crippen molar-refractivity contribution < 1.29 is 14.2 Å². The molecule has 1 aliphatic carbocycles. The molecule has 0 saturated heterocycles. The molecule has 0 aliphatic heterocycles. The number of carbonyl (C=O) groups is 1. The molecule has 1 aromatic carbocycles. The molecule has 0 atom stereocenters. The molecule has 0 radical (unpaired) electrons. The molecule has 7 nitrogen and oxygen atoms in total. The Morgan fingerprint density at radius 1 is 1.30 bits per heavy atom. The van der Waals surface area contributed by atoms with E-state index in [1.54, 1.807) is 18.2 Å². The number of rotatable bonds is 5. The Kier molecular flexibility index (Phi) is 4.36.